The van der Waals surface area contributed by atoms with Crippen molar-refractivity contribution in [1.29, 1.82) is 0 Å². The molecule has 0 aliphatic heterocycles. The molecule has 2 aromatic heterocycles. The van der Waals surface area contributed by atoms with Gasteiger partial charge in [-0.1, -0.05) is 6.07 Å². The van der Waals surface area contributed by atoms with Gasteiger partial charge in [0.15, 0.2) is 11.6 Å². The second-order valence-corrected chi connectivity index (χ2v) is 4.26. The Morgan fingerprint density at radius 2 is 2.11 bits per heavy atom. The zero-order chi connectivity index (χ0) is 13.7. The fourth-order valence-corrected chi connectivity index (χ4v) is 1.61. The second kappa shape index (κ2) is 6.08. The molecular weight excluding hydrogens is 245 g/mol. The van der Waals surface area contributed by atoms with Gasteiger partial charge in [0.1, 0.15) is 0 Å². The highest BCUT2D eigenvalue weighted by Gasteiger charge is 2.08. The summed E-state index contributed by atoms with van der Waals surface area (Å²) in [5, 5.41) is 3.06. The van der Waals surface area contributed by atoms with Gasteiger partial charge >= 0.3 is 0 Å². The average molecular weight is 261 g/mol. The molecule has 2 heterocycles. The normalized spacial score (nSPS) is 10.3. The van der Waals surface area contributed by atoms with Crippen molar-refractivity contribution in [3.05, 3.63) is 42.1 Å². The predicted octanol–water partition coefficient (Wildman–Crippen LogP) is 1.73. The Labute approximate surface area is 111 Å². The largest absolute Gasteiger partial charge is 0.360 e. The number of anilines is 2. The summed E-state index contributed by atoms with van der Waals surface area (Å²) < 4.78 is 13.4. The van der Waals surface area contributed by atoms with Gasteiger partial charge in [-0.25, -0.2) is 9.37 Å². The molecule has 19 heavy (non-hydrogen) atoms. The van der Waals surface area contributed by atoms with Crippen LogP contribution in [-0.2, 0) is 6.42 Å². The molecule has 0 aliphatic carbocycles. The quantitative estimate of drug-likeness (QED) is 0.888. The number of hydrogen-bond donors (Lipinski definition) is 1. The van der Waals surface area contributed by atoms with Gasteiger partial charge in [-0.15, -0.1) is 0 Å². The van der Waals surface area contributed by atoms with Crippen LogP contribution in [0.4, 0.5) is 16.2 Å². The first kappa shape index (κ1) is 13.2. The average Bonchev–Trinajstić information content (AvgIpc) is 2.41. The van der Waals surface area contributed by atoms with Crippen molar-refractivity contribution in [2.24, 2.45) is 0 Å². The summed E-state index contributed by atoms with van der Waals surface area (Å²) in [5.74, 6) is 0.261. The van der Waals surface area contributed by atoms with Crippen LogP contribution in [0.5, 0.6) is 0 Å². The van der Waals surface area contributed by atoms with Gasteiger partial charge in [0.25, 0.3) is 0 Å². The zero-order valence-corrected chi connectivity index (χ0v) is 11.0. The third kappa shape index (κ3) is 3.61. The summed E-state index contributed by atoms with van der Waals surface area (Å²) >= 11 is 0. The minimum absolute atomic E-state index is 0.273. The van der Waals surface area contributed by atoms with Gasteiger partial charge in [-0.05, 0) is 12.1 Å². The minimum atomic E-state index is -0.430. The third-order valence-corrected chi connectivity index (χ3v) is 2.54. The van der Waals surface area contributed by atoms with E-state index in [4.69, 9.17) is 0 Å². The van der Waals surface area contributed by atoms with Gasteiger partial charge in [-0.3, -0.25) is 4.98 Å². The van der Waals surface area contributed by atoms with E-state index in [2.05, 4.69) is 20.3 Å². The van der Waals surface area contributed by atoms with Crippen LogP contribution in [0.15, 0.2) is 30.6 Å². The van der Waals surface area contributed by atoms with Crippen LogP contribution < -0.4 is 10.2 Å². The fourth-order valence-electron chi connectivity index (χ4n) is 1.61. The molecule has 0 saturated heterocycles. The Hall–Kier alpha value is -2.24. The van der Waals surface area contributed by atoms with Crippen LogP contribution in [0.1, 0.15) is 5.69 Å². The van der Waals surface area contributed by atoms with E-state index in [0.717, 1.165) is 12.1 Å². The van der Waals surface area contributed by atoms with Crippen molar-refractivity contribution in [2.45, 2.75) is 6.42 Å². The molecule has 0 fully saturated rings. The summed E-state index contributed by atoms with van der Waals surface area (Å²) in [7, 11) is 3.48. The molecule has 6 heteroatoms. The molecule has 0 radical (unpaired) electrons. The monoisotopic (exact) mass is 261 g/mol. The molecule has 100 valence electrons. The van der Waals surface area contributed by atoms with Gasteiger partial charge < -0.3 is 10.2 Å². The molecule has 0 amide bonds. The standard InChI is InChI=1S/C13H16FN5/c1-19(2)12-11(14)9-17-13(18-12)16-8-6-10-5-3-4-7-15-10/h3-5,7,9H,6,8H2,1-2H3,(H,16,17,18). The molecule has 0 spiro atoms. The molecule has 0 bridgehead atoms. The Morgan fingerprint density at radius 3 is 2.79 bits per heavy atom. The summed E-state index contributed by atoms with van der Waals surface area (Å²) in [6.07, 6.45) is 3.69. The van der Waals surface area contributed by atoms with Gasteiger partial charge in [0.2, 0.25) is 5.95 Å². The molecule has 2 rings (SSSR count). The third-order valence-electron chi connectivity index (χ3n) is 2.54. The maximum Gasteiger partial charge on any atom is 0.224 e. The van der Waals surface area contributed by atoms with Gasteiger partial charge in [-0.2, -0.15) is 4.98 Å². The molecule has 0 atom stereocenters. The summed E-state index contributed by atoms with van der Waals surface area (Å²) in [4.78, 5) is 13.9. The van der Waals surface area contributed by atoms with Crippen molar-refractivity contribution in [3.8, 4) is 0 Å². The molecule has 0 aromatic carbocycles. The summed E-state index contributed by atoms with van der Waals surface area (Å²) in [6, 6.07) is 5.78. The van der Waals surface area contributed by atoms with Crippen molar-refractivity contribution in [1.82, 2.24) is 15.0 Å². The first-order chi connectivity index (χ1) is 9.16. The van der Waals surface area contributed by atoms with E-state index in [1.54, 1.807) is 25.2 Å². The Morgan fingerprint density at radius 1 is 1.26 bits per heavy atom. The molecular formula is C13H16FN5. The van der Waals surface area contributed by atoms with E-state index in [1.807, 2.05) is 18.2 Å². The van der Waals surface area contributed by atoms with Gasteiger partial charge in [0, 0.05) is 39.0 Å². The lowest BCUT2D eigenvalue weighted by Crippen LogP contribution is -2.16. The number of rotatable bonds is 5. The van der Waals surface area contributed by atoms with Crippen LogP contribution >= 0.6 is 0 Å². The number of hydrogen-bond acceptors (Lipinski definition) is 5. The van der Waals surface area contributed by atoms with E-state index in [-0.39, 0.29) is 5.82 Å². The number of halogens is 1. The lowest BCUT2D eigenvalue weighted by molar-refractivity contribution is 0.612. The predicted molar refractivity (Wildman–Crippen MR) is 72.7 cm³/mol. The van der Waals surface area contributed by atoms with Crippen LogP contribution in [0.2, 0.25) is 0 Å². The number of nitrogens with one attached hydrogen (secondary N) is 1. The van der Waals surface area contributed by atoms with Crippen LogP contribution in [-0.4, -0.2) is 35.6 Å². The van der Waals surface area contributed by atoms with Crippen molar-refractivity contribution < 1.29 is 4.39 Å². The number of aromatic nitrogens is 3. The molecule has 0 unspecified atom stereocenters. The zero-order valence-electron chi connectivity index (χ0n) is 11.0. The van der Waals surface area contributed by atoms with Crippen molar-refractivity contribution >= 4 is 11.8 Å². The molecule has 0 aliphatic rings. The van der Waals surface area contributed by atoms with Crippen molar-refractivity contribution in [3.63, 3.8) is 0 Å². The van der Waals surface area contributed by atoms with Crippen LogP contribution in [0.25, 0.3) is 0 Å². The Kier molecular flexibility index (Phi) is 4.22. The van der Waals surface area contributed by atoms with Gasteiger partial charge in [0.05, 0.1) is 6.20 Å². The SMILES string of the molecule is CN(C)c1nc(NCCc2ccccn2)ncc1F. The Bertz CT molecular complexity index is 530. The van der Waals surface area contributed by atoms with E-state index < -0.39 is 5.82 Å². The maximum atomic E-state index is 13.4. The lowest BCUT2D eigenvalue weighted by atomic mass is 10.3. The van der Waals surface area contributed by atoms with E-state index >= 15 is 0 Å². The smallest absolute Gasteiger partial charge is 0.224 e. The molecule has 1 N–H and O–H groups in total. The highest BCUT2D eigenvalue weighted by molar-refractivity contribution is 5.42. The minimum Gasteiger partial charge on any atom is -0.360 e. The molecule has 5 nitrogen and oxygen atoms in total. The van der Waals surface area contributed by atoms with E-state index in [9.17, 15) is 4.39 Å². The van der Waals surface area contributed by atoms with E-state index in [0.29, 0.717) is 12.5 Å². The first-order valence-corrected chi connectivity index (χ1v) is 6.00. The van der Waals surface area contributed by atoms with Crippen molar-refractivity contribution in [2.75, 3.05) is 30.9 Å². The molecule has 2 aromatic rings. The highest BCUT2D eigenvalue weighted by Crippen LogP contribution is 2.14. The first-order valence-electron chi connectivity index (χ1n) is 6.00. The summed E-state index contributed by atoms with van der Waals surface area (Å²) in [6.45, 7) is 0.648. The number of nitrogens with zero attached hydrogens (tertiary/aromatic N) is 4. The fraction of sp³-hybridized carbons (Fsp3) is 0.308. The van der Waals surface area contributed by atoms with Crippen LogP contribution in [0, 0.1) is 5.82 Å². The maximum absolute atomic E-state index is 13.4. The second-order valence-electron chi connectivity index (χ2n) is 4.26. The van der Waals surface area contributed by atoms with Crippen LogP contribution in [0.3, 0.4) is 0 Å². The number of pyridine rings is 1. The Balaban J connectivity index is 1.95. The molecule has 0 saturated carbocycles. The lowest BCUT2D eigenvalue weighted by Gasteiger charge is -2.13. The topological polar surface area (TPSA) is 53.9 Å². The summed E-state index contributed by atoms with van der Waals surface area (Å²) in [5.41, 5.74) is 0.991. The highest BCUT2D eigenvalue weighted by atomic mass is 19.1. The van der Waals surface area contributed by atoms with E-state index in [1.165, 1.54) is 6.20 Å².